The molecule has 0 spiro atoms. The van der Waals surface area contributed by atoms with Crippen LogP contribution in [0.4, 0.5) is 5.95 Å². The molecule has 13 nitrogen and oxygen atoms in total. The highest BCUT2D eigenvalue weighted by Crippen LogP contribution is 2.51. The van der Waals surface area contributed by atoms with Crippen molar-refractivity contribution in [1.82, 2.24) is 19.5 Å². The van der Waals surface area contributed by atoms with Crippen molar-refractivity contribution in [2.75, 3.05) is 33.2 Å². The highest BCUT2D eigenvalue weighted by atomic mass is 31.2. The zero-order valence-corrected chi connectivity index (χ0v) is 22.5. The third-order valence-electron chi connectivity index (χ3n) is 4.96. The molecule has 2 aromatic heterocycles. The number of methoxy groups -OCH3 is 2. The van der Waals surface area contributed by atoms with Crippen molar-refractivity contribution >= 4 is 24.9 Å². The van der Waals surface area contributed by atoms with E-state index in [0.717, 1.165) is 0 Å². The van der Waals surface area contributed by atoms with E-state index in [1.165, 1.54) is 20.5 Å². The lowest BCUT2D eigenvalue weighted by Gasteiger charge is -2.29. The Morgan fingerprint density at radius 1 is 1.14 bits per heavy atom. The summed E-state index contributed by atoms with van der Waals surface area (Å²) in [6.07, 6.45) is -1.90. The molecule has 2 N–H and O–H groups in total. The molecule has 2 unspecified atom stereocenters. The van der Waals surface area contributed by atoms with Gasteiger partial charge in [-0.25, -0.2) is 9.55 Å². The summed E-state index contributed by atoms with van der Waals surface area (Å²) in [4.78, 5) is 23.6. The highest BCUT2D eigenvalue weighted by molar-refractivity contribution is 7.47. The Hall–Kier alpha value is -1.86. The van der Waals surface area contributed by atoms with Crippen molar-refractivity contribution < 1.29 is 37.5 Å². The predicted molar refractivity (Wildman–Crippen MR) is 127 cm³/mol. The number of rotatable bonds is 9. The van der Waals surface area contributed by atoms with Crippen molar-refractivity contribution in [2.45, 2.75) is 77.3 Å². The van der Waals surface area contributed by atoms with Crippen LogP contribution in [-0.4, -0.2) is 81.8 Å². The molecule has 0 aromatic carbocycles. The second kappa shape index (κ2) is 10.3. The van der Waals surface area contributed by atoms with Gasteiger partial charge >= 0.3 is 7.82 Å². The van der Waals surface area contributed by atoms with Crippen molar-refractivity contribution in [3.05, 3.63) is 6.33 Å². The molecule has 0 aliphatic carbocycles. The Morgan fingerprint density at radius 3 is 2.37 bits per heavy atom. The Kier molecular flexibility index (Phi) is 8.12. The van der Waals surface area contributed by atoms with Crippen molar-refractivity contribution in [1.29, 1.82) is 0 Å². The Morgan fingerprint density at radius 2 is 1.83 bits per heavy atom. The number of hydrogen-bond donors (Lipinski definition) is 2. The number of hydrogen-bond acceptors (Lipinski definition) is 11. The molecule has 1 aliphatic heterocycles. The van der Waals surface area contributed by atoms with Crippen molar-refractivity contribution in [3.63, 3.8) is 0 Å². The Labute approximate surface area is 205 Å². The van der Waals surface area contributed by atoms with Crippen LogP contribution in [0, 0.1) is 0 Å². The van der Waals surface area contributed by atoms with Crippen molar-refractivity contribution in [2.24, 2.45) is 0 Å². The molecule has 1 aliphatic rings. The van der Waals surface area contributed by atoms with Crippen LogP contribution in [0.2, 0.25) is 0 Å². The number of ether oxygens (including phenoxy) is 4. The first-order chi connectivity index (χ1) is 16.2. The van der Waals surface area contributed by atoms with Crippen LogP contribution < -0.4 is 10.1 Å². The van der Waals surface area contributed by atoms with Crippen LogP contribution in [0.15, 0.2) is 6.33 Å². The van der Waals surface area contributed by atoms with Crippen LogP contribution >= 0.6 is 7.82 Å². The molecule has 14 heteroatoms. The first-order valence-corrected chi connectivity index (χ1v) is 12.7. The van der Waals surface area contributed by atoms with Gasteiger partial charge in [-0.15, -0.1) is 0 Å². The van der Waals surface area contributed by atoms with Gasteiger partial charge in [-0.2, -0.15) is 9.97 Å². The molecule has 0 radical (unpaired) electrons. The first kappa shape index (κ1) is 27.7. The van der Waals surface area contributed by atoms with Gasteiger partial charge in [0.15, 0.2) is 17.4 Å². The van der Waals surface area contributed by atoms with Crippen LogP contribution in [0.25, 0.3) is 11.2 Å². The lowest BCUT2D eigenvalue weighted by atomic mass is 10.1. The van der Waals surface area contributed by atoms with Gasteiger partial charge in [0.25, 0.3) is 0 Å². The van der Waals surface area contributed by atoms with E-state index in [-0.39, 0.29) is 12.5 Å². The minimum Gasteiger partial charge on any atom is -0.479 e. The van der Waals surface area contributed by atoms with E-state index in [4.69, 9.17) is 28.0 Å². The molecule has 2 aromatic rings. The van der Waals surface area contributed by atoms with E-state index < -0.39 is 43.6 Å². The number of phosphoric ester groups is 1. The summed E-state index contributed by atoms with van der Waals surface area (Å²) in [5.41, 5.74) is -0.562. The Balaban J connectivity index is 2.02. The zero-order valence-electron chi connectivity index (χ0n) is 21.6. The number of aromatic nitrogens is 4. The molecule has 0 amide bonds. The van der Waals surface area contributed by atoms with Gasteiger partial charge < -0.3 is 29.2 Å². The number of nitrogens with one attached hydrogen (secondary N) is 1. The molecule has 0 bridgehead atoms. The number of fused-ring (bicyclic) bond motifs is 1. The monoisotopic (exact) mass is 517 g/mol. The molecular weight excluding hydrogens is 481 g/mol. The normalized spacial score (nSPS) is 25.1. The second-order valence-corrected chi connectivity index (χ2v) is 11.4. The lowest BCUT2D eigenvalue weighted by molar-refractivity contribution is -0.0999. The summed E-state index contributed by atoms with van der Waals surface area (Å²) in [6.45, 7) is 10.7. The maximum atomic E-state index is 12.9. The largest absolute Gasteiger partial charge is 0.479 e. The first-order valence-electron chi connectivity index (χ1n) is 11.2. The fraction of sp³-hybridized carbons (Fsp3) is 0.762. The third-order valence-corrected chi connectivity index (χ3v) is 6.25. The third kappa shape index (κ3) is 6.67. The van der Waals surface area contributed by atoms with E-state index >= 15 is 0 Å². The van der Waals surface area contributed by atoms with E-state index in [0.29, 0.717) is 17.1 Å². The smallest absolute Gasteiger partial charge is 0.473 e. The standard InChI is InChI=1S/C21H36N5O8P/c1-20(2,3)31-10-12-14(33-35(27,28)34-21(4,5)6)15(29-8)18(32-12)26-11-23-13-16(26)24-19(22-7)25-17(13)30-9/h11-12,14-15,18H,10H2,1-9H3,(H,27,28)(H,22,24,25)/t12-,14?,15+,18-/m1/s1. The lowest BCUT2D eigenvalue weighted by Crippen LogP contribution is -2.39. The molecule has 3 rings (SSSR count). The van der Waals surface area contributed by atoms with Gasteiger partial charge in [-0.3, -0.25) is 13.6 Å². The maximum absolute atomic E-state index is 12.9. The zero-order chi connectivity index (χ0) is 26.2. The molecule has 198 valence electrons. The van der Waals surface area contributed by atoms with Gasteiger partial charge in [-0.1, -0.05) is 0 Å². The topological polar surface area (TPSA) is 148 Å². The van der Waals surface area contributed by atoms with E-state index in [1.54, 1.807) is 32.4 Å². The number of anilines is 1. The van der Waals surface area contributed by atoms with Crippen molar-refractivity contribution in [3.8, 4) is 5.88 Å². The average molecular weight is 518 g/mol. The molecule has 35 heavy (non-hydrogen) atoms. The van der Waals surface area contributed by atoms with Gasteiger partial charge in [0, 0.05) is 14.2 Å². The van der Waals surface area contributed by atoms with E-state index in [2.05, 4.69) is 20.3 Å². The van der Waals surface area contributed by atoms with Gasteiger partial charge in [0.05, 0.1) is 31.2 Å². The molecule has 5 atom stereocenters. The predicted octanol–water partition coefficient (Wildman–Crippen LogP) is 2.90. The summed E-state index contributed by atoms with van der Waals surface area (Å²) in [6, 6.07) is 0. The van der Waals surface area contributed by atoms with Crippen LogP contribution in [0.5, 0.6) is 5.88 Å². The second-order valence-electron chi connectivity index (χ2n) is 10.1. The fourth-order valence-corrected chi connectivity index (χ4v) is 4.93. The summed E-state index contributed by atoms with van der Waals surface area (Å²) in [7, 11) is 0.147. The van der Waals surface area contributed by atoms with Crippen LogP contribution in [0.1, 0.15) is 47.8 Å². The van der Waals surface area contributed by atoms with E-state index in [9.17, 15) is 9.46 Å². The van der Waals surface area contributed by atoms with E-state index in [1.807, 2.05) is 20.8 Å². The molecule has 3 heterocycles. The van der Waals surface area contributed by atoms with Gasteiger partial charge in [0.1, 0.15) is 18.3 Å². The quantitative estimate of drug-likeness (QED) is 0.471. The average Bonchev–Trinajstić information content (AvgIpc) is 3.29. The van der Waals surface area contributed by atoms with Gasteiger partial charge in [-0.05, 0) is 41.5 Å². The summed E-state index contributed by atoms with van der Waals surface area (Å²) >= 11 is 0. The number of phosphoric acid groups is 1. The maximum Gasteiger partial charge on any atom is 0.473 e. The minimum absolute atomic E-state index is 0.0761. The molecule has 0 saturated carbocycles. The summed E-state index contributed by atoms with van der Waals surface area (Å²) in [5.74, 6) is 0.603. The number of imidazole rings is 1. The van der Waals surface area contributed by atoms with Crippen LogP contribution in [0.3, 0.4) is 0 Å². The Bertz CT molecular complexity index is 1070. The van der Waals surface area contributed by atoms with Gasteiger partial charge in [0.2, 0.25) is 11.8 Å². The summed E-state index contributed by atoms with van der Waals surface area (Å²) < 4.78 is 48.8. The fourth-order valence-electron chi connectivity index (χ4n) is 3.63. The molecule has 1 fully saturated rings. The SMILES string of the molecule is CNc1nc(OC)c2ncn([C@@H]3O[C@H](COC(C)(C)C)C(OP(=O)(O)OC(C)(C)C)[C@@H]3OC)c2n1. The van der Waals surface area contributed by atoms with Crippen LogP contribution in [-0.2, 0) is 27.8 Å². The molecule has 1 saturated heterocycles. The molecular formula is C21H36N5O8P. The minimum atomic E-state index is -4.49. The number of nitrogens with zero attached hydrogens (tertiary/aromatic N) is 4. The highest BCUT2D eigenvalue weighted by Gasteiger charge is 2.51. The summed E-state index contributed by atoms with van der Waals surface area (Å²) in [5, 5.41) is 2.89.